The molecule has 6 N–H and O–H groups in total. The van der Waals surface area contributed by atoms with Gasteiger partial charge in [-0.1, -0.05) is 6.42 Å². The van der Waals surface area contributed by atoms with E-state index in [0.717, 1.165) is 25.8 Å². The zero-order valence-electron chi connectivity index (χ0n) is 15.3. The third kappa shape index (κ3) is 15.1. The number of nitrogens with one attached hydrogen (secondary N) is 2. The van der Waals surface area contributed by atoms with E-state index in [1.165, 1.54) is 0 Å². The average molecular weight is 379 g/mol. The Bertz CT molecular complexity index is 456. The van der Waals surface area contributed by atoms with E-state index in [1.54, 1.807) is 24.3 Å². The minimum atomic E-state index is -1.49. The summed E-state index contributed by atoms with van der Waals surface area (Å²) in [4.78, 5) is 42.9. The zero-order valence-corrected chi connectivity index (χ0v) is 15.3. The molecule has 0 bridgehead atoms. The molecule has 0 aliphatic heterocycles. The van der Waals surface area contributed by atoms with Crippen molar-refractivity contribution in [3.63, 3.8) is 0 Å². The predicted octanol–water partition coefficient (Wildman–Crippen LogP) is -0.0371. The van der Waals surface area contributed by atoms with Gasteiger partial charge >= 0.3 is 24.0 Å². The zero-order chi connectivity index (χ0) is 20.7. The highest BCUT2D eigenvalue weighted by Crippen LogP contribution is 2.05. The molecule has 11 heteroatoms. The maximum absolute atomic E-state index is 10.7. The van der Waals surface area contributed by atoms with Crippen LogP contribution in [-0.2, 0) is 14.4 Å². The number of hydrogen-bond donors (Lipinski definition) is 6. The first-order valence-electron chi connectivity index (χ1n) is 8.00. The third-order valence-electron chi connectivity index (χ3n) is 3.31. The van der Waals surface area contributed by atoms with E-state index in [0.29, 0.717) is 0 Å². The quantitative estimate of drug-likeness (QED) is 0.252. The summed E-state index contributed by atoms with van der Waals surface area (Å²) in [7, 11) is 5.51. The fourth-order valence-corrected chi connectivity index (χ4v) is 1.92. The molecule has 0 aliphatic carbocycles. The van der Waals surface area contributed by atoms with E-state index in [4.69, 9.17) is 20.4 Å². The molecule has 0 spiro atoms. The van der Waals surface area contributed by atoms with Crippen LogP contribution >= 0.6 is 0 Å². The number of amides is 1. The molecule has 11 nitrogen and oxygen atoms in total. The van der Waals surface area contributed by atoms with E-state index in [-0.39, 0.29) is 12.5 Å². The van der Waals surface area contributed by atoms with E-state index < -0.39 is 36.5 Å². The fourth-order valence-electron chi connectivity index (χ4n) is 1.92. The molecular formula is C15H29N3O8. The molecule has 0 aliphatic rings. The van der Waals surface area contributed by atoms with Gasteiger partial charge in [-0.3, -0.25) is 14.5 Å². The lowest BCUT2D eigenvalue weighted by molar-refractivity contribution is -0.143. The molecule has 0 rings (SSSR count). The molecule has 2 atom stereocenters. The minimum Gasteiger partial charge on any atom is -0.481 e. The van der Waals surface area contributed by atoms with Gasteiger partial charge in [0.1, 0.15) is 12.1 Å². The first-order valence-corrected chi connectivity index (χ1v) is 8.00. The number of rotatable bonds is 12. The summed E-state index contributed by atoms with van der Waals surface area (Å²) in [5.74, 6) is -3.28. The second kappa shape index (κ2) is 14.9. The lowest BCUT2D eigenvalue weighted by Crippen LogP contribution is -2.40. The van der Waals surface area contributed by atoms with Gasteiger partial charge in [-0.25, -0.2) is 9.59 Å². The summed E-state index contributed by atoms with van der Waals surface area (Å²) >= 11 is 0. The average Bonchev–Trinajstić information content (AvgIpc) is 2.50. The predicted molar refractivity (Wildman–Crippen MR) is 92.3 cm³/mol. The molecule has 0 aromatic rings. The van der Waals surface area contributed by atoms with Gasteiger partial charge in [0, 0.05) is 6.42 Å². The SMILES string of the molecule is CNCCCC[C@@H](C(=O)O)N(C)C.O=C(O)CC[C@H](NC(=O)O)C(=O)O. The Hall–Kier alpha value is -2.40. The first-order chi connectivity index (χ1) is 12.0. The van der Waals surface area contributed by atoms with Gasteiger partial charge in [0.2, 0.25) is 0 Å². The van der Waals surface area contributed by atoms with Gasteiger partial charge in [0.15, 0.2) is 0 Å². The van der Waals surface area contributed by atoms with Crippen molar-refractivity contribution in [2.45, 2.75) is 44.2 Å². The highest BCUT2D eigenvalue weighted by molar-refractivity contribution is 5.79. The maximum atomic E-state index is 10.7. The van der Waals surface area contributed by atoms with Crippen molar-refractivity contribution in [3.8, 4) is 0 Å². The fraction of sp³-hybridized carbons (Fsp3) is 0.733. The Balaban J connectivity index is 0. The minimum absolute atomic E-state index is 0.267. The van der Waals surface area contributed by atoms with Crippen molar-refractivity contribution < 1.29 is 39.6 Å². The van der Waals surface area contributed by atoms with Crippen molar-refractivity contribution in [3.05, 3.63) is 0 Å². The van der Waals surface area contributed by atoms with Crippen LogP contribution in [0.2, 0.25) is 0 Å². The van der Waals surface area contributed by atoms with Crippen molar-refractivity contribution in [1.29, 1.82) is 0 Å². The Kier molecular flexibility index (Phi) is 14.8. The van der Waals surface area contributed by atoms with Crippen LogP contribution in [0, 0.1) is 0 Å². The molecule has 0 fully saturated rings. The molecule has 0 saturated heterocycles. The lowest BCUT2D eigenvalue weighted by Gasteiger charge is -2.19. The largest absolute Gasteiger partial charge is 0.481 e. The molecular weight excluding hydrogens is 350 g/mol. The Labute approximate surface area is 152 Å². The summed E-state index contributed by atoms with van der Waals surface area (Å²) in [5, 5.41) is 38.4. The molecule has 1 amide bonds. The van der Waals surface area contributed by atoms with E-state index in [2.05, 4.69) is 5.32 Å². The second-order valence-corrected chi connectivity index (χ2v) is 5.69. The molecule has 0 aromatic carbocycles. The van der Waals surface area contributed by atoms with E-state index in [1.807, 2.05) is 7.05 Å². The lowest BCUT2D eigenvalue weighted by atomic mass is 10.1. The number of unbranched alkanes of at least 4 members (excludes halogenated alkanes) is 1. The van der Waals surface area contributed by atoms with Crippen LogP contribution in [-0.4, -0.2) is 89.1 Å². The van der Waals surface area contributed by atoms with Crippen LogP contribution in [0.15, 0.2) is 0 Å². The van der Waals surface area contributed by atoms with E-state index in [9.17, 15) is 19.2 Å². The highest BCUT2D eigenvalue weighted by atomic mass is 16.4. The molecule has 0 radical (unpaired) electrons. The molecule has 0 saturated carbocycles. The number of likely N-dealkylation sites (N-methyl/N-ethyl adjacent to an activating group) is 1. The van der Waals surface area contributed by atoms with Crippen LogP contribution in [0.5, 0.6) is 0 Å². The van der Waals surface area contributed by atoms with Gasteiger partial charge in [0.05, 0.1) is 0 Å². The standard InChI is InChI=1S/C9H20N2O2.C6H9NO6/c1-10-7-5-4-6-8(9(12)13)11(2)3;8-4(9)2-1-3(5(10)11)7-6(12)13/h8,10H,4-7H2,1-3H3,(H,12,13);3,7H,1-2H2,(H,8,9)(H,10,11)(H,12,13)/t8-;3-/m00/s1. The summed E-state index contributed by atoms with van der Waals surface area (Å²) < 4.78 is 0. The van der Waals surface area contributed by atoms with Crippen molar-refractivity contribution in [2.24, 2.45) is 0 Å². The molecule has 152 valence electrons. The number of carboxylic acids is 3. The van der Waals surface area contributed by atoms with Crippen LogP contribution in [0.3, 0.4) is 0 Å². The third-order valence-corrected chi connectivity index (χ3v) is 3.31. The van der Waals surface area contributed by atoms with Crippen molar-refractivity contribution in [1.82, 2.24) is 15.5 Å². The van der Waals surface area contributed by atoms with Gasteiger partial charge in [-0.05, 0) is 47.0 Å². The Morgan fingerprint density at radius 2 is 1.50 bits per heavy atom. The molecule has 0 unspecified atom stereocenters. The Morgan fingerprint density at radius 1 is 0.923 bits per heavy atom. The number of carboxylic acid groups (broad SMARTS) is 4. The summed E-state index contributed by atoms with van der Waals surface area (Å²) in [6, 6.07) is -1.70. The number of carbonyl (C=O) groups is 4. The van der Waals surface area contributed by atoms with Crippen LogP contribution in [0.25, 0.3) is 0 Å². The summed E-state index contributed by atoms with van der Waals surface area (Å²) in [5.41, 5.74) is 0. The smallest absolute Gasteiger partial charge is 0.405 e. The van der Waals surface area contributed by atoms with Crippen LogP contribution in [0.1, 0.15) is 32.1 Å². The van der Waals surface area contributed by atoms with Crippen molar-refractivity contribution in [2.75, 3.05) is 27.7 Å². The van der Waals surface area contributed by atoms with E-state index >= 15 is 0 Å². The second-order valence-electron chi connectivity index (χ2n) is 5.69. The van der Waals surface area contributed by atoms with Gasteiger partial charge in [-0.15, -0.1) is 0 Å². The van der Waals surface area contributed by atoms with Crippen LogP contribution < -0.4 is 10.6 Å². The maximum Gasteiger partial charge on any atom is 0.405 e. The molecule has 0 aromatic heterocycles. The Morgan fingerprint density at radius 3 is 1.85 bits per heavy atom. The normalized spacial score (nSPS) is 12.5. The summed E-state index contributed by atoms with van der Waals surface area (Å²) in [6.07, 6.45) is 0.570. The number of hydrogen-bond acceptors (Lipinski definition) is 6. The van der Waals surface area contributed by atoms with Crippen LogP contribution in [0.4, 0.5) is 4.79 Å². The monoisotopic (exact) mass is 379 g/mol. The van der Waals surface area contributed by atoms with Crippen molar-refractivity contribution >= 4 is 24.0 Å². The summed E-state index contributed by atoms with van der Waals surface area (Å²) in [6.45, 7) is 0.958. The molecule has 0 heterocycles. The van der Waals surface area contributed by atoms with Gasteiger partial charge in [0.25, 0.3) is 0 Å². The van der Waals surface area contributed by atoms with Gasteiger partial charge < -0.3 is 31.1 Å². The van der Waals surface area contributed by atoms with Gasteiger partial charge in [-0.2, -0.15) is 0 Å². The molecule has 26 heavy (non-hydrogen) atoms. The number of nitrogens with zero attached hydrogens (tertiary/aromatic N) is 1. The number of aliphatic carboxylic acids is 3. The first kappa shape index (κ1) is 25.8. The highest BCUT2D eigenvalue weighted by Gasteiger charge is 2.20. The topological polar surface area (TPSA) is 176 Å².